The molecule has 0 fully saturated rings. The van der Waals surface area contributed by atoms with Crippen LogP contribution in [-0.2, 0) is 6.54 Å². The molecule has 0 aliphatic carbocycles. The Morgan fingerprint density at radius 1 is 0.610 bits per heavy atom. The summed E-state index contributed by atoms with van der Waals surface area (Å²) in [6, 6.07) is 39.7. The van der Waals surface area contributed by atoms with Crippen molar-refractivity contribution in [2.45, 2.75) is 6.54 Å². The smallest absolute Gasteiger partial charge is 0.138 e. The van der Waals surface area contributed by atoms with Gasteiger partial charge in [0.05, 0.1) is 40.4 Å². The zero-order valence-electron chi connectivity index (χ0n) is 22.2. The van der Waals surface area contributed by atoms with E-state index in [-0.39, 0.29) is 0 Å². The maximum Gasteiger partial charge on any atom is 0.138 e. The standard InChI is InChI=1S/C36H25N5/c1-2-12-26(25(11-1)29-14-5-9-24-10-8-21-38-36(24)29)30-15-6-16-31(39-30)32-17-7-19-35(40-32)41-33-18-4-3-13-27(33)28-20-22-37-23-34(28)41/h1-22,37H,23H2. The number of aromatic nitrogens is 4. The molecule has 41 heavy (non-hydrogen) atoms. The van der Waals surface area contributed by atoms with Gasteiger partial charge in [0.15, 0.2) is 0 Å². The van der Waals surface area contributed by atoms with Crippen LogP contribution < -0.4 is 5.32 Å². The molecule has 0 atom stereocenters. The number of hydrogen-bond acceptors (Lipinski definition) is 4. The van der Waals surface area contributed by atoms with Gasteiger partial charge in [-0.05, 0) is 54.2 Å². The van der Waals surface area contributed by atoms with E-state index in [9.17, 15) is 0 Å². The summed E-state index contributed by atoms with van der Waals surface area (Å²) in [5.74, 6) is 0.881. The summed E-state index contributed by atoms with van der Waals surface area (Å²) in [5, 5.41) is 5.72. The molecule has 0 unspecified atom stereocenters. The first-order chi connectivity index (χ1) is 20.3. The molecule has 5 heteroatoms. The third kappa shape index (κ3) is 3.90. The SMILES string of the molecule is C1=Cc2c(n(-c3cccc(-c4cccc(-c5ccccc5-c5cccc6cccnc56)n4)n3)c3ccccc23)CN1. The molecule has 194 valence electrons. The Morgan fingerprint density at radius 3 is 2.29 bits per heavy atom. The lowest BCUT2D eigenvalue weighted by Crippen LogP contribution is -2.14. The largest absolute Gasteiger partial charge is 0.385 e. The van der Waals surface area contributed by atoms with Crippen molar-refractivity contribution in [2.75, 3.05) is 0 Å². The number of benzene rings is 3. The van der Waals surface area contributed by atoms with Gasteiger partial charge in [-0.15, -0.1) is 0 Å². The summed E-state index contributed by atoms with van der Waals surface area (Å²) in [7, 11) is 0. The summed E-state index contributed by atoms with van der Waals surface area (Å²) in [6.45, 7) is 0.750. The number of nitrogens with zero attached hydrogens (tertiary/aromatic N) is 4. The minimum Gasteiger partial charge on any atom is -0.385 e. The molecule has 0 bridgehead atoms. The Hall–Kier alpha value is -5.55. The summed E-state index contributed by atoms with van der Waals surface area (Å²) in [5.41, 5.74) is 10.4. The van der Waals surface area contributed by atoms with Crippen molar-refractivity contribution in [3.05, 3.63) is 139 Å². The Bertz CT molecular complexity index is 2120. The molecule has 7 aromatic rings. The van der Waals surface area contributed by atoms with Crippen LogP contribution in [0.4, 0.5) is 0 Å². The van der Waals surface area contributed by atoms with Crippen LogP contribution in [0.5, 0.6) is 0 Å². The molecule has 3 aromatic carbocycles. The first-order valence-electron chi connectivity index (χ1n) is 13.8. The van der Waals surface area contributed by atoms with E-state index < -0.39 is 0 Å². The van der Waals surface area contributed by atoms with Gasteiger partial charge in [0, 0.05) is 33.7 Å². The molecule has 1 N–H and O–H groups in total. The van der Waals surface area contributed by atoms with Crippen LogP contribution in [0.15, 0.2) is 128 Å². The van der Waals surface area contributed by atoms with Crippen LogP contribution in [0.3, 0.4) is 0 Å². The summed E-state index contributed by atoms with van der Waals surface area (Å²) < 4.78 is 2.26. The van der Waals surface area contributed by atoms with Gasteiger partial charge in [-0.3, -0.25) is 9.55 Å². The van der Waals surface area contributed by atoms with Gasteiger partial charge in [-0.1, -0.05) is 78.9 Å². The number of hydrogen-bond donors (Lipinski definition) is 1. The predicted molar refractivity (Wildman–Crippen MR) is 166 cm³/mol. The van der Waals surface area contributed by atoms with E-state index in [2.05, 4.69) is 113 Å². The molecule has 1 aliphatic rings. The molecule has 0 spiro atoms. The Balaban J connectivity index is 1.25. The van der Waals surface area contributed by atoms with E-state index >= 15 is 0 Å². The minimum atomic E-state index is 0.750. The first-order valence-corrected chi connectivity index (χ1v) is 13.8. The van der Waals surface area contributed by atoms with Crippen LogP contribution in [-0.4, -0.2) is 19.5 Å². The molecule has 0 amide bonds. The van der Waals surface area contributed by atoms with Crippen LogP contribution in [0.1, 0.15) is 11.3 Å². The fraction of sp³-hybridized carbons (Fsp3) is 0.0278. The summed E-state index contributed by atoms with van der Waals surface area (Å²) >= 11 is 0. The van der Waals surface area contributed by atoms with Gasteiger partial charge < -0.3 is 5.32 Å². The molecule has 0 radical (unpaired) electrons. The third-order valence-electron chi connectivity index (χ3n) is 7.75. The second-order valence-electron chi connectivity index (χ2n) is 10.1. The first kappa shape index (κ1) is 23.3. The fourth-order valence-corrected chi connectivity index (χ4v) is 5.92. The van der Waals surface area contributed by atoms with Gasteiger partial charge in [0.2, 0.25) is 0 Å². The number of pyridine rings is 3. The van der Waals surface area contributed by atoms with E-state index in [4.69, 9.17) is 15.0 Å². The van der Waals surface area contributed by atoms with Crippen molar-refractivity contribution in [1.82, 2.24) is 24.8 Å². The fourth-order valence-electron chi connectivity index (χ4n) is 5.92. The molecule has 1 aliphatic heterocycles. The minimum absolute atomic E-state index is 0.750. The average Bonchev–Trinajstić information content (AvgIpc) is 3.39. The van der Waals surface area contributed by atoms with Gasteiger partial charge in [-0.2, -0.15) is 0 Å². The predicted octanol–water partition coefficient (Wildman–Crippen LogP) is 8.04. The van der Waals surface area contributed by atoms with E-state index in [1.54, 1.807) is 0 Å². The van der Waals surface area contributed by atoms with Crippen molar-refractivity contribution in [3.8, 4) is 39.6 Å². The lowest BCUT2D eigenvalue weighted by Gasteiger charge is -2.15. The van der Waals surface area contributed by atoms with E-state index in [1.807, 2.05) is 30.6 Å². The molecular weight excluding hydrogens is 502 g/mol. The van der Waals surface area contributed by atoms with Crippen molar-refractivity contribution in [3.63, 3.8) is 0 Å². The Morgan fingerprint density at radius 2 is 1.34 bits per heavy atom. The highest BCUT2D eigenvalue weighted by Crippen LogP contribution is 2.36. The van der Waals surface area contributed by atoms with E-state index in [1.165, 1.54) is 16.6 Å². The van der Waals surface area contributed by atoms with Crippen molar-refractivity contribution in [2.24, 2.45) is 0 Å². The van der Waals surface area contributed by atoms with Gasteiger partial charge in [-0.25, -0.2) is 9.97 Å². The highest BCUT2D eigenvalue weighted by Gasteiger charge is 2.19. The Labute approximate surface area is 237 Å². The third-order valence-corrected chi connectivity index (χ3v) is 7.75. The van der Waals surface area contributed by atoms with Crippen molar-refractivity contribution >= 4 is 27.9 Å². The van der Waals surface area contributed by atoms with E-state index in [0.717, 1.165) is 62.6 Å². The maximum atomic E-state index is 5.14. The summed E-state index contributed by atoms with van der Waals surface area (Å²) in [4.78, 5) is 15.0. The van der Waals surface area contributed by atoms with Gasteiger partial charge in [0.1, 0.15) is 5.82 Å². The maximum absolute atomic E-state index is 5.14. The topological polar surface area (TPSA) is 55.6 Å². The van der Waals surface area contributed by atoms with Crippen LogP contribution in [0.2, 0.25) is 0 Å². The van der Waals surface area contributed by atoms with Gasteiger partial charge >= 0.3 is 0 Å². The monoisotopic (exact) mass is 527 g/mol. The molecule has 0 saturated heterocycles. The second kappa shape index (κ2) is 9.57. The number of nitrogens with one attached hydrogen (secondary N) is 1. The summed E-state index contributed by atoms with van der Waals surface area (Å²) in [6.07, 6.45) is 6.02. The van der Waals surface area contributed by atoms with Crippen LogP contribution in [0, 0.1) is 0 Å². The average molecular weight is 528 g/mol. The Kier molecular flexibility index (Phi) is 5.45. The zero-order valence-corrected chi connectivity index (χ0v) is 22.2. The van der Waals surface area contributed by atoms with Crippen LogP contribution in [0.25, 0.3) is 67.5 Å². The second-order valence-corrected chi connectivity index (χ2v) is 10.1. The lowest BCUT2D eigenvalue weighted by atomic mass is 9.95. The van der Waals surface area contributed by atoms with E-state index in [0.29, 0.717) is 0 Å². The van der Waals surface area contributed by atoms with Crippen molar-refractivity contribution in [1.29, 1.82) is 0 Å². The molecule has 4 aromatic heterocycles. The molecule has 0 saturated carbocycles. The molecule has 8 rings (SSSR count). The van der Waals surface area contributed by atoms with Crippen LogP contribution >= 0.6 is 0 Å². The quantitative estimate of drug-likeness (QED) is 0.252. The highest BCUT2D eigenvalue weighted by molar-refractivity contribution is 5.98. The number of fused-ring (bicyclic) bond motifs is 4. The normalized spacial score (nSPS) is 12.4. The number of para-hydroxylation sites is 2. The lowest BCUT2D eigenvalue weighted by molar-refractivity contribution is 0.795. The molecule has 5 nitrogen and oxygen atoms in total. The van der Waals surface area contributed by atoms with Gasteiger partial charge in [0.25, 0.3) is 0 Å². The molecule has 5 heterocycles. The number of rotatable bonds is 4. The zero-order chi connectivity index (χ0) is 27.2. The highest BCUT2D eigenvalue weighted by atomic mass is 15.1. The van der Waals surface area contributed by atoms with Crippen molar-refractivity contribution < 1.29 is 0 Å². The molecular formula is C36H25N5.